The molecule has 7 nitrogen and oxygen atoms in total. The van der Waals surface area contributed by atoms with Crippen molar-refractivity contribution in [2.24, 2.45) is 0 Å². The number of hydrogen-bond donors (Lipinski definition) is 0. The van der Waals surface area contributed by atoms with Crippen molar-refractivity contribution in [1.29, 1.82) is 0 Å². The number of carbonyl (C=O) groups is 1. The van der Waals surface area contributed by atoms with Gasteiger partial charge in [0.15, 0.2) is 5.82 Å². The molecule has 6 rings (SSSR count). The SMILES string of the molecule is CC1c2ccccc2CCN1C(=O)c1cc(C2CC2)c2nn(-c3ccc([N+](=O)[O-])cc3F)cc2c1. The van der Waals surface area contributed by atoms with Crippen molar-refractivity contribution >= 4 is 22.5 Å². The van der Waals surface area contributed by atoms with Crippen molar-refractivity contribution in [3.63, 3.8) is 0 Å². The highest BCUT2D eigenvalue weighted by molar-refractivity contribution is 5.99. The molecule has 1 aromatic heterocycles. The predicted octanol–water partition coefficient (Wildman–Crippen LogP) is 5.71. The summed E-state index contributed by atoms with van der Waals surface area (Å²) in [5, 5.41) is 16.3. The van der Waals surface area contributed by atoms with Crippen LogP contribution in [0.4, 0.5) is 10.1 Å². The normalized spacial score (nSPS) is 17.4. The Labute approximate surface area is 200 Å². The lowest BCUT2D eigenvalue weighted by Gasteiger charge is -2.35. The third-order valence-corrected chi connectivity index (χ3v) is 7.15. The zero-order valence-corrected chi connectivity index (χ0v) is 19.1. The zero-order valence-electron chi connectivity index (χ0n) is 19.1. The number of carbonyl (C=O) groups excluding carboxylic acids is 1. The predicted molar refractivity (Wildman–Crippen MR) is 129 cm³/mol. The van der Waals surface area contributed by atoms with E-state index in [0.717, 1.165) is 41.8 Å². The van der Waals surface area contributed by atoms with Crippen LogP contribution in [0.25, 0.3) is 16.6 Å². The number of rotatable bonds is 4. The number of amides is 1. The second-order valence-corrected chi connectivity index (χ2v) is 9.37. The zero-order chi connectivity index (χ0) is 24.3. The molecule has 3 aromatic carbocycles. The summed E-state index contributed by atoms with van der Waals surface area (Å²) in [6, 6.07) is 15.5. The minimum absolute atomic E-state index is 0.0231. The lowest BCUT2D eigenvalue weighted by Crippen LogP contribution is -2.38. The summed E-state index contributed by atoms with van der Waals surface area (Å²) < 4.78 is 16.1. The van der Waals surface area contributed by atoms with Gasteiger partial charge in [-0.25, -0.2) is 9.07 Å². The highest BCUT2D eigenvalue weighted by Gasteiger charge is 2.31. The highest BCUT2D eigenvalue weighted by atomic mass is 19.1. The molecule has 1 unspecified atom stereocenters. The maximum atomic E-state index is 14.7. The summed E-state index contributed by atoms with van der Waals surface area (Å²) in [6.45, 7) is 2.71. The van der Waals surface area contributed by atoms with Gasteiger partial charge in [-0.2, -0.15) is 5.10 Å². The Kier molecular flexibility index (Phi) is 4.91. The first-order valence-corrected chi connectivity index (χ1v) is 11.8. The number of nitro groups is 1. The largest absolute Gasteiger partial charge is 0.332 e. The molecule has 0 N–H and O–H groups in total. The Bertz CT molecular complexity index is 1510. The van der Waals surface area contributed by atoms with E-state index in [1.165, 1.54) is 27.9 Å². The average molecular weight is 471 g/mol. The van der Waals surface area contributed by atoms with Crippen LogP contribution in [0.15, 0.2) is 60.8 Å². The molecule has 0 spiro atoms. The molecule has 1 aliphatic heterocycles. The molecule has 2 heterocycles. The van der Waals surface area contributed by atoms with Crippen LogP contribution in [0.2, 0.25) is 0 Å². The number of benzene rings is 3. The lowest BCUT2D eigenvalue weighted by atomic mass is 9.92. The van der Waals surface area contributed by atoms with E-state index in [2.05, 4.69) is 24.2 Å². The number of aromatic nitrogens is 2. The van der Waals surface area contributed by atoms with Crippen LogP contribution in [0.5, 0.6) is 0 Å². The Hall–Kier alpha value is -4.07. The summed E-state index contributed by atoms with van der Waals surface area (Å²) in [7, 11) is 0. The first kappa shape index (κ1) is 21.5. The first-order valence-electron chi connectivity index (χ1n) is 11.8. The highest BCUT2D eigenvalue weighted by Crippen LogP contribution is 2.44. The molecule has 0 radical (unpaired) electrons. The van der Waals surface area contributed by atoms with Crippen LogP contribution >= 0.6 is 0 Å². The fourth-order valence-electron chi connectivity index (χ4n) is 5.13. The van der Waals surface area contributed by atoms with Crippen molar-refractivity contribution in [2.45, 2.75) is 38.1 Å². The summed E-state index contributed by atoms with van der Waals surface area (Å²) in [6.07, 6.45) is 4.57. The van der Waals surface area contributed by atoms with Gasteiger partial charge in [0, 0.05) is 29.8 Å². The molecule has 1 aliphatic carbocycles. The molecule has 1 saturated carbocycles. The number of halogens is 1. The summed E-state index contributed by atoms with van der Waals surface area (Å²) >= 11 is 0. The third kappa shape index (κ3) is 3.65. The van der Waals surface area contributed by atoms with Gasteiger partial charge in [-0.05, 0) is 67.0 Å². The van der Waals surface area contributed by atoms with Crippen LogP contribution < -0.4 is 0 Å². The maximum Gasteiger partial charge on any atom is 0.272 e. The molecule has 2 aliphatic rings. The van der Waals surface area contributed by atoms with Crippen molar-refractivity contribution < 1.29 is 14.1 Å². The van der Waals surface area contributed by atoms with Gasteiger partial charge < -0.3 is 4.90 Å². The van der Waals surface area contributed by atoms with E-state index in [4.69, 9.17) is 0 Å². The molecular formula is C27H23FN4O3. The Morgan fingerprint density at radius 3 is 2.66 bits per heavy atom. The lowest BCUT2D eigenvalue weighted by molar-refractivity contribution is -0.385. The third-order valence-electron chi connectivity index (χ3n) is 7.15. The van der Waals surface area contributed by atoms with Gasteiger partial charge in [-0.3, -0.25) is 14.9 Å². The van der Waals surface area contributed by atoms with E-state index in [1.807, 2.05) is 29.2 Å². The Morgan fingerprint density at radius 1 is 1.11 bits per heavy atom. The van der Waals surface area contributed by atoms with E-state index in [1.54, 1.807) is 6.20 Å². The first-order chi connectivity index (χ1) is 16.9. The van der Waals surface area contributed by atoms with E-state index in [-0.39, 0.29) is 23.3 Å². The topological polar surface area (TPSA) is 81.3 Å². The van der Waals surface area contributed by atoms with Crippen LogP contribution in [0.1, 0.15) is 58.8 Å². The van der Waals surface area contributed by atoms with Crippen LogP contribution in [-0.2, 0) is 6.42 Å². The quantitative estimate of drug-likeness (QED) is 0.283. The van der Waals surface area contributed by atoms with E-state index < -0.39 is 10.7 Å². The number of nitro benzene ring substituents is 1. The molecule has 8 heteroatoms. The van der Waals surface area contributed by atoms with Crippen molar-refractivity contribution in [2.75, 3.05) is 6.54 Å². The smallest absolute Gasteiger partial charge is 0.272 e. The standard InChI is InChI=1S/C27H23FN4O3/c1-16-22-5-3-2-4-17(22)10-11-30(16)27(33)19-12-20-15-31(29-26(20)23(13-19)18-6-7-18)25-9-8-21(32(34)35)14-24(25)28/h2-5,8-9,12-16,18H,6-7,10-11H2,1H3. The molecule has 0 bridgehead atoms. The molecule has 35 heavy (non-hydrogen) atoms. The number of non-ortho nitro benzene ring substituents is 1. The van der Waals surface area contributed by atoms with Gasteiger partial charge in [-0.1, -0.05) is 24.3 Å². The van der Waals surface area contributed by atoms with Gasteiger partial charge in [0.05, 0.1) is 22.5 Å². The second-order valence-electron chi connectivity index (χ2n) is 9.37. The fourth-order valence-corrected chi connectivity index (χ4v) is 5.13. The maximum absolute atomic E-state index is 14.7. The average Bonchev–Trinajstić information content (AvgIpc) is 3.61. The summed E-state index contributed by atoms with van der Waals surface area (Å²) in [5.74, 6) is -0.419. The van der Waals surface area contributed by atoms with Crippen molar-refractivity contribution in [1.82, 2.24) is 14.7 Å². The summed E-state index contributed by atoms with van der Waals surface area (Å²) in [4.78, 5) is 25.9. The van der Waals surface area contributed by atoms with Gasteiger partial charge in [0.25, 0.3) is 11.6 Å². The van der Waals surface area contributed by atoms with Crippen molar-refractivity contribution in [3.8, 4) is 5.69 Å². The minimum atomic E-state index is -0.725. The van der Waals surface area contributed by atoms with Crippen molar-refractivity contribution in [3.05, 3.63) is 99.0 Å². The number of nitrogens with zero attached hydrogens (tertiary/aromatic N) is 4. The molecule has 1 fully saturated rings. The second kappa shape index (κ2) is 8.01. The molecule has 1 atom stereocenters. The van der Waals surface area contributed by atoms with Gasteiger partial charge in [0.2, 0.25) is 0 Å². The monoisotopic (exact) mass is 470 g/mol. The van der Waals surface area contributed by atoms with Crippen LogP contribution in [0.3, 0.4) is 0 Å². The molecule has 0 saturated heterocycles. The van der Waals surface area contributed by atoms with E-state index >= 15 is 0 Å². The number of fused-ring (bicyclic) bond motifs is 2. The van der Waals surface area contributed by atoms with Gasteiger partial charge >= 0.3 is 0 Å². The van der Waals surface area contributed by atoms with Gasteiger partial charge in [-0.15, -0.1) is 0 Å². The Morgan fingerprint density at radius 2 is 1.91 bits per heavy atom. The molecule has 176 valence electrons. The van der Waals surface area contributed by atoms with Gasteiger partial charge in [0.1, 0.15) is 5.69 Å². The minimum Gasteiger partial charge on any atom is -0.332 e. The van der Waals surface area contributed by atoms with E-state index in [0.29, 0.717) is 18.0 Å². The molecule has 4 aromatic rings. The Balaban J connectivity index is 1.40. The van der Waals surface area contributed by atoms with Crippen LogP contribution in [0, 0.1) is 15.9 Å². The fraction of sp³-hybridized carbons (Fsp3) is 0.259. The summed E-state index contributed by atoms with van der Waals surface area (Å²) in [5.41, 5.74) is 4.61. The molecular weight excluding hydrogens is 447 g/mol. The molecule has 1 amide bonds. The van der Waals surface area contributed by atoms with E-state index in [9.17, 15) is 19.3 Å². The van der Waals surface area contributed by atoms with Crippen LogP contribution in [-0.4, -0.2) is 32.1 Å². The number of hydrogen-bond acceptors (Lipinski definition) is 4.